The number of hydrogen-bond acceptors (Lipinski definition) is 2. The van der Waals surface area contributed by atoms with Crippen molar-refractivity contribution in [3.63, 3.8) is 0 Å². The highest BCUT2D eigenvalue weighted by atomic mass is 16.5. The van der Waals surface area contributed by atoms with E-state index in [1.54, 1.807) is 0 Å². The average molecular weight is 522 g/mol. The molecular weight excluding hydrogens is 499 g/mol. The largest absolute Gasteiger partial charge is 0.458 e. The number of rotatable bonds is 2. The second-order valence-electron chi connectivity index (χ2n) is 10.8. The zero-order valence-electron chi connectivity index (χ0n) is 22.2. The summed E-state index contributed by atoms with van der Waals surface area (Å²) >= 11 is 0. The smallest absolute Gasteiger partial charge is 0.260 e. The third-order valence-electron chi connectivity index (χ3n) is 8.58. The standard InChI is InChI=1S/C38H23BO2/c1-2-12-24(13-3-1)36-26-14-4-6-16-28(26)37(29-17-7-5-15-27(29)36)25-22-34-38-35(23-25)41-33-21-11-9-19-31(33)39(38)30-18-8-10-20-32(30)40-34/h1-23H. The van der Waals surface area contributed by atoms with Crippen LogP contribution in [-0.4, -0.2) is 6.71 Å². The van der Waals surface area contributed by atoms with E-state index in [0.717, 1.165) is 34.0 Å². The normalized spacial score (nSPS) is 12.7. The van der Waals surface area contributed by atoms with Crippen LogP contribution in [-0.2, 0) is 0 Å². The van der Waals surface area contributed by atoms with Gasteiger partial charge in [-0.25, -0.2) is 0 Å². The van der Waals surface area contributed by atoms with E-state index in [4.69, 9.17) is 9.47 Å². The van der Waals surface area contributed by atoms with Crippen molar-refractivity contribution in [1.29, 1.82) is 0 Å². The Labute approximate surface area is 238 Å². The third-order valence-corrected chi connectivity index (χ3v) is 8.58. The van der Waals surface area contributed by atoms with Crippen LogP contribution in [0.3, 0.4) is 0 Å². The Hall–Kier alpha value is -5.28. The lowest BCUT2D eigenvalue weighted by Crippen LogP contribution is -2.57. The highest BCUT2D eigenvalue weighted by Crippen LogP contribution is 2.46. The van der Waals surface area contributed by atoms with Gasteiger partial charge >= 0.3 is 0 Å². The molecular formula is C38H23BO2. The number of para-hydroxylation sites is 2. The van der Waals surface area contributed by atoms with Crippen molar-refractivity contribution in [2.24, 2.45) is 0 Å². The van der Waals surface area contributed by atoms with E-state index < -0.39 is 0 Å². The molecule has 7 aromatic carbocycles. The number of hydrogen-bond donors (Lipinski definition) is 0. The maximum atomic E-state index is 6.64. The first-order chi connectivity index (χ1) is 20.3. The van der Waals surface area contributed by atoms with Crippen molar-refractivity contribution in [3.05, 3.63) is 140 Å². The predicted molar refractivity (Wildman–Crippen MR) is 170 cm³/mol. The molecule has 0 unspecified atom stereocenters. The second kappa shape index (κ2) is 8.61. The summed E-state index contributed by atoms with van der Waals surface area (Å²) in [7, 11) is 0. The highest BCUT2D eigenvalue weighted by Gasteiger charge is 2.40. The summed E-state index contributed by atoms with van der Waals surface area (Å²) in [6, 6.07) is 49.4. The zero-order valence-corrected chi connectivity index (χ0v) is 22.2. The van der Waals surface area contributed by atoms with E-state index >= 15 is 0 Å². The Kier molecular flexibility index (Phi) is 4.73. The van der Waals surface area contributed by atoms with Crippen LogP contribution in [0.1, 0.15) is 0 Å². The minimum Gasteiger partial charge on any atom is -0.458 e. The van der Waals surface area contributed by atoms with Crippen LogP contribution in [0, 0.1) is 0 Å². The first-order valence-electron chi connectivity index (χ1n) is 14.1. The van der Waals surface area contributed by atoms with Crippen molar-refractivity contribution < 1.29 is 9.47 Å². The predicted octanol–water partition coefficient (Wildman–Crippen LogP) is 8.05. The molecule has 2 aliphatic heterocycles. The van der Waals surface area contributed by atoms with E-state index in [-0.39, 0.29) is 6.71 Å². The Bertz CT molecular complexity index is 2040. The number of ether oxygens (including phenoxy) is 2. The van der Waals surface area contributed by atoms with Crippen LogP contribution in [0.15, 0.2) is 140 Å². The molecule has 0 N–H and O–H groups in total. The lowest BCUT2D eigenvalue weighted by Gasteiger charge is -2.33. The van der Waals surface area contributed by atoms with Gasteiger partial charge in [-0.1, -0.05) is 115 Å². The molecule has 41 heavy (non-hydrogen) atoms. The molecule has 0 radical (unpaired) electrons. The van der Waals surface area contributed by atoms with Gasteiger partial charge in [0.25, 0.3) is 6.71 Å². The molecule has 0 spiro atoms. The molecule has 0 atom stereocenters. The van der Waals surface area contributed by atoms with E-state index in [0.29, 0.717) is 0 Å². The van der Waals surface area contributed by atoms with Crippen LogP contribution in [0.5, 0.6) is 23.0 Å². The molecule has 2 nitrogen and oxygen atoms in total. The second-order valence-corrected chi connectivity index (χ2v) is 10.8. The molecule has 0 aliphatic carbocycles. The van der Waals surface area contributed by atoms with Crippen molar-refractivity contribution in [3.8, 4) is 45.3 Å². The minimum absolute atomic E-state index is 0.0675. The quantitative estimate of drug-likeness (QED) is 0.169. The van der Waals surface area contributed by atoms with Gasteiger partial charge in [0, 0.05) is 5.46 Å². The molecule has 7 aromatic rings. The van der Waals surface area contributed by atoms with Gasteiger partial charge in [-0.05, 0) is 79.0 Å². The topological polar surface area (TPSA) is 18.5 Å². The molecule has 2 aliphatic rings. The molecule has 0 bridgehead atoms. The molecule has 9 rings (SSSR count). The monoisotopic (exact) mass is 522 g/mol. The van der Waals surface area contributed by atoms with Gasteiger partial charge in [0.2, 0.25) is 0 Å². The summed E-state index contributed by atoms with van der Waals surface area (Å²) in [5, 5.41) is 4.88. The SMILES string of the molecule is c1ccc(-c2c3ccccc3c(-c3cc4c5c(c3)Oc3ccccc3B5c3ccccc3O4)c3ccccc23)cc1. The maximum absolute atomic E-state index is 6.64. The van der Waals surface area contributed by atoms with Gasteiger partial charge < -0.3 is 9.47 Å². The van der Waals surface area contributed by atoms with Gasteiger partial charge in [-0.2, -0.15) is 0 Å². The Balaban J connectivity index is 1.36. The average Bonchev–Trinajstić information content (AvgIpc) is 3.03. The van der Waals surface area contributed by atoms with Gasteiger partial charge in [0.1, 0.15) is 23.0 Å². The molecule has 0 saturated heterocycles. The van der Waals surface area contributed by atoms with Crippen molar-refractivity contribution >= 4 is 44.6 Å². The van der Waals surface area contributed by atoms with E-state index in [1.165, 1.54) is 49.2 Å². The summed E-state index contributed by atoms with van der Waals surface area (Å²) < 4.78 is 13.3. The van der Waals surface area contributed by atoms with Gasteiger partial charge in [0.15, 0.2) is 0 Å². The summed E-state index contributed by atoms with van der Waals surface area (Å²) in [6.07, 6.45) is 0. The number of benzene rings is 7. The third kappa shape index (κ3) is 3.26. The van der Waals surface area contributed by atoms with Crippen LogP contribution in [0.4, 0.5) is 0 Å². The van der Waals surface area contributed by atoms with Crippen LogP contribution < -0.4 is 25.9 Å². The lowest BCUT2D eigenvalue weighted by atomic mass is 9.35. The number of fused-ring (bicyclic) bond motifs is 6. The molecule has 0 amide bonds. The highest BCUT2D eigenvalue weighted by molar-refractivity contribution is 6.98. The van der Waals surface area contributed by atoms with Gasteiger partial charge in [-0.3, -0.25) is 0 Å². The molecule has 2 heterocycles. The van der Waals surface area contributed by atoms with Crippen molar-refractivity contribution in [1.82, 2.24) is 0 Å². The molecule has 190 valence electrons. The van der Waals surface area contributed by atoms with Crippen LogP contribution >= 0.6 is 0 Å². The first-order valence-corrected chi connectivity index (χ1v) is 14.1. The van der Waals surface area contributed by atoms with Crippen LogP contribution in [0.2, 0.25) is 0 Å². The molecule has 0 fully saturated rings. The fraction of sp³-hybridized carbons (Fsp3) is 0. The zero-order chi connectivity index (χ0) is 26.9. The van der Waals surface area contributed by atoms with Crippen molar-refractivity contribution in [2.45, 2.75) is 0 Å². The first kappa shape index (κ1) is 22.5. The fourth-order valence-corrected chi connectivity index (χ4v) is 6.89. The van der Waals surface area contributed by atoms with E-state index in [2.05, 4.69) is 127 Å². The summed E-state index contributed by atoms with van der Waals surface area (Å²) in [5.74, 6) is 3.52. The minimum atomic E-state index is 0.0675. The maximum Gasteiger partial charge on any atom is 0.260 e. The molecule has 3 heteroatoms. The Morgan fingerprint density at radius 3 is 1.29 bits per heavy atom. The van der Waals surface area contributed by atoms with E-state index in [9.17, 15) is 0 Å². The summed E-state index contributed by atoms with van der Waals surface area (Å²) in [5.41, 5.74) is 8.20. The summed E-state index contributed by atoms with van der Waals surface area (Å²) in [6.45, 7) is 0.0675. The Morgan fingerprint density at radius 1 is 0.366 bits per heavy atom. The van der Waals surface area contributed by atoms with Crippen LogP contribution in [0.25, 0.3) is 43.8 Å². The van der Waals surface area contributed by atoms with Gasteiger partial charge in [0.05, 0.1) is 0 Å². The van der Waals surface area contributed by atoms with Crippen molar-refractivity contribution in [2.75, 3.05) is 0 Å². The molecule has 0 aromatic heterocycles. The van der Waals surface area contributed by atoms with Gasteiger partial charge in [-0.15, -0.1) is 0 Å². The molecule has 0 saturated carbocycles. The fourth-order valence-electron chi connectivity index (χ4n) is 6.89. The van der Waals surface area contributed by atoms with E-state index in [1.807, 2.05) is 12.1 Å². The Morgan fingerprint density at radius 2 is 0.780 bits per heavy atom. The lowest BCUT2D eigenvalue weighted by molar-refractivity contribution is 0.465. The summed E-state index contributed by atoms with van der Waals surface area (Å²) in [4.78, 5) is 0.